The van der Waals surface area contributed by atoms with Crippen molar-refractivity contribution in [2.24, 2.45) is 0 Å². The molecule has 2 heterocycles. The average molecular weight is 291 g/mol. The summed E-state index contributed by atoms with van der Waals surface area (Å²) in [5, 5.41) is 13.7. The van der Waals surface area contributed by atoms with Crippen molar-refractivity contribution in [3.8, 4) is 11.3 Å². The van der Waals surface area contributed by atoms with Crippen molar-refractivity contribution in [1.29, 1.82) is 0 Å². The highest BCUT2D eigenvalue weighted by atomic mass is 35.5. The first-order chi connectivity index (χ1) is 9.74. The van der Waals surface area contributed by atoms with Crippen LogP contribution in [0.15, 0.2) is 30.3 Å². The van der Waals surface area contributed by atoms with Gasteiger partial charge in [0.25, 0.3) is 5.91 Å². The van der Waals surface area contributed by atoms with Crippen molar-refractivity contribution in [1.82, 2.24) is 20.8 Å². The van der Waals surface area contributed by atoms with E-state index in [-0.39, 0.29) is 11.9 Å². The van der Waals surface area contributed by atoms with Crippen molar-refractivity contribution < 1.29 is 4.79 Å². The number of aromatic amines is 1. The Hall–Kier alpha value is -1.85. The number of rotatable bonds is 3. The zero-order chi connectivity index (χ0) is 13.9. The second kappa shape index (κ2) is 5.64. The van der Waals surface area contributed by atoms with Crippen LogP contribution in [0, 0.1) is 0 Å². The van der Waals surface area contributed by atoms with Gasteiger partial charge in [0.2, 0.25) is 0 Å². The van der Waals surface area contributed by atoms with Crippen LogP contribution in [-0.4, -0.2) is 35.2 Å². The van der Waals surface area contributed by atoms with Crippen LogP contribution >= 0.6 is 11.6 Å². The number of carbonyl (C=O) groups excluding carboxylic acids is 1. The lowest BCUT2D eigenvalue weighted by molar-refractivity contribution is 0.0935. The minimum atomic E-state index is -0.135. The van der Waals surface area contributed by atoms with Crippen LogP contribution < -0.4 is 10.6 Å². The van der Waals surface area contributed by atoms with Crippen LogP contribution in [0.2, 0.25) is 5.02 Å². The number of hydrogen-bond acceptors (Lipinski definition) is 3. The summed E-state index contributed by atoms with van der Waals surface area (Å²) in [6, 6.07) is 9.34. The standard InChI is InChI=1S/C14H15ClN4O/c15-11-4-2-1-3-10(11)12-7-13(19-18-12)14(20)17-9-5-6-16-8-9/h1-4,7,9,16H,5-6,8H2,(H,17,20)(H,18,19). The SMILES string of the molecule is O=C(NC1CCNC1)c1cc(-c2ccccc2Cl)n[nH]1. The molecule has 1 atom stereocenters. The van der Waals surface area contributed by atoms with Crippen LogP contribution in [0.3, 0.4) is 0 Å². The van der Waals surface area contributed by atoms with Crippen molar-refractivity contribution >= 4 is 17.5 Å². The molecular weight excluding hydrogens is 276 g/mol. The highest BCUT2D eigenvalue weighted by Crippen LogP contribution is 2.26. The fourth-order valence-corrected chi connectivity index (χ4v) is 2.52. The van der Waals surface area contributed by atoms with Gasteiger partial charge in [0.1, 0.15) is 5.69 Å². The first-order valence-corrected chi connectivity index (χ1v) is 6.94. The lowest BCUT2D eigenvalue weighted by Gasteiger charge is -2.09. The van der Waals surface area contributed by atoms with E-state index in [0.29, 0.717) is 16.4 Å². The quantitative estimate of drug-likeness (QED) is 0.807. The molecule has 1 unspecified atom stereocenters. The van der Waals surface area contributed by atoms with E-state index in [1.165, 1.54) is 0 Å². The fourth-order valence-electron chi connectivity index (χ4n) is 2.29. The number of hydrogen-bond donors (Lipinski definition) is 3. The molecule has 0 radical (unpaired) electrons. The number of H-pyrrole nitrogens is 1. The van der Waals surface area contributed by atoms with E-state index < -0.39 is 0 Å². The lowest BCUT2D eigenvalue weighted by Crippen LogP contribution is -2.36. The summed E-state index contributed by atoms with van der Waals surface area (Å²) in [4.78, 5) is 12.1. The molecule has 1 saturated heterocycles. The van der Waals surface area contributed by atoms with Crippen LogP contribution in [0.25, 0.3) is 11.3 Å². The van der Waals surface area contributed by atoms with Crippen molar-refractivity contribution in [3.05, 3.63) is 41.0 Å². The first kappa shape index (κ1) is 13.1. The molecule has 0 spiro atoms. The minimum Gasteiger partial charge on any atom is -0.347 e. The smallest absolute Gasteiger partial charge is 0.269 e. The molecule has 3 N–H and O–H groups in total. The van der Waals surface area contributed by atoms with E-state index in [9.17, 15) is 4.79 Å². The number of aromatic nitrogens is 2. The summed E-state index contributed by atoms with van der Waals surface area (Å²) in [6.07, 6.45) is 0.956. The molecule has 104 valence electrons. The summed E-state index contributed by atoms with van der Waals surface area (Å²) >= 11 is 6.12. The molecule has 0 bridgehead atoms. The zero-order valence-corrected chi connectivity index (χ0v) is 11.6. The Balaban J connectivity index is 1.76. The molecule has 1 aliphatic heterocycles. The largest absolute Gasteiger partial charge is 0.347 e. The Labute approximate surface area is 121 Å². The predicted octanol–water partition coefficient (Wildman–Crippen LogP) is 1.82. The molecule has 20 heavy (non-hydrogen) atoms. The lowest BCUT2D eigenvalue weighted by atomic mass is 10.1. The maximum atomic E-state index is 12.1. The second-order valence-electron chi connectivity index (χ2n) is 4.81. The van der Waals surface area contributed by atoms with Gasteiger partial charge in [-0.05, 0) is 25.1 Å². The molecule has 2 aromatic rings. The van der Waals surface area contributed by atoms with E-state index in [4.69, 9.17) is 11.6 Å². The summed E-state index contributed by atoms with van der Waals surface area (Å²) < 4.78 is 0. The third kappa shape index (κ3) is 2.69. The summed E-state index contributed by atoms with van der Waals surface area (Å²) in [5.74, 6) is -0.135. The molecule has 1 aromatic heterocycles. The average Bonchev–Trinajstić information content (AvgIpc) is 3.10. The Morgan fingerprint density at radius 3 is 3.00 bits per heavy atom. The molecule has 1 aromatic carbocycles. The third-order valence-corrected chi connectivity index (χ3v) is 3.70. The summed E-state index contributed by atoms with van der Waals surface area (Å²) in [6.45, 7) is 1.76. The normalized spacial score (nSPS) is 18.1. The van der Waals surface area contributed by atoms with Gasteiger partial charge in [-0.1, -0.05) is 29.8 Å². The first-order valence-electron chi connectivity index (χ1n) is 6.56. The van der Waals surface area contributed by atoms with Crippen LogP contribution in [0.5, 0.6) is 0 Å². The van der Waals surface area contributed by atoms with Crippen LogP contribution in [0.1, 0.15) is 16.9 Å². The number of amides is 1. The molecular formula is C14H15ClN4O. The van der Waals surface area contributed by atoms with Crippen molar-refractivity contribution in [3.63, 3.8) is 0 Å². The van der Waals surface area contributed by atoms with Gasteiger partial charge in [-0.15, -0.1) is 0 Å². The Bertz CT molecular complexity index is 619. The van der Waals surface area contributed by atoms with Crippen molar-refractivity contribution in [2.75, 3.05) is 13.1 Å². The number of nitrogens with one attached hydrogen (secondary N) is 3. The molecule has 1 aliphatic rings. The number of nitrogens with zero attached hydrogens (tertiary/aromatic N) is 1. The van der Waals surface area contributed by atoms with E-state index in [2.05, 4.69) is 20.8 Å². The van der Waals surface area contributed by atoms with Gasteiger partial charge in [-0.3, -0.25) is 9.89 Å². The third-order valence-electron chi connectivity index (χ3n) is 3.37. The Morgan fingerprint density at radius 1 is 1.40 bits per heavy atom. The van der Waals surface area contributed by atoms with E-state index >= 15 is 0 Å². The molecule has 0 aliphatic carbocycles. The Kier molecular flexibility index (Phi) is 3.71. The fraction of sp³-hybridized carbons (Fsp3) is 0.286. The maximum absolute atomic E-state index is 12.1. The van der Waals surface area contributed by atoms with Gasteiger partial charge >= 0.3 is 0 Å². The van der Waals surface area contributed by atoms with Crippen LogP contribution in [0.4, 0.5) is 0 Å². The predicted molar refractivity (Wildman–Crippen MR) is 77.8 cm³/mol. The topological polar surface area (TPSA) is 69.8 Å². The van der Waals surface area contributed by atoms with Gasteiger partial charge in [-0.2, -0.15) is 5.10 Å². The minimum absolute atomic E-state index is 0.135. The van der Waals surface area contributed by atoms with Crippen LogP contribution in [-0.2, 0) is 0 Å². The number of halogens is 1. The molecule has 1 fully saturated rings. The molecule has 6 heteroatoms. The monoisotopic (exact) mass is 290 g/mol. The summed E-state index contributed by atoms with van der Waals surface area (Å²) in [7, 11) is 0. The molecule has 0 saturated carbocycles. The highest BCUT2D eigenvalue weighted by molar-refractivity contribution is 6.33. The zero-order valence-electron chi connectivity index (χ0n) is 10.8. The summed E-state index contributed by atoms with van der Waals surface area (Å²) in [5.41, 5.74) is 1.93. The molecule has 3 rings (SSSR count). The van der Waals surface area contributed by atoms with E-state index in [1.54, 1.807) is 12.1 Å². The second-order valence-corrected chi connectivity index (χ2v) is 5.22. The Morgan fingerprint density at radius 2 is 2.25 bits per heavy atom. The van der Waals surface area contributed by atoms with Gasteiger partial charge in [0, 0.05) is 18.2 Å². The van der Waals surface area contributed by atoms with E-state index in [0.717, 1.165) is 25.1 Å². The van der Waals surface area contributed by atoms with Gasteiger partial charge in [0.05, 0.1) is 10.7 Å². The van der Waals surface area contributed by atoms with Gasteiger partial charge < -0.3 is 10.6 Å². The highest BCUT2D eigenvalue weighted by Gasteiger charge is 2.19. The number of carbonyl (C=O) groups is 1. The molecule has 5 nitrogen and oxygen atoms in total. The maximum Gasteiger partial charge on any atom is 0.269 e. The van der Waals surface area contributed by atoms with E-state index in [1.807, 2.05) is 18.2 Å². The van der Waals surface area contributed by atoms with Gasteiger partial charge in [-0.25, -0.2) is 0 Å². The number of benzene rings is 1. The van der Waals surface area contributed by atoms with Crippen molar-refractivity contribution in [2.45, 2.75) is 12.5 Å². The van der Waals surface area contributed by atoms with Gasteiger partial charge in [0.15, 0.2) is 0 Å². The molecule has 1 amide bonds.